The molecule has 0 bridgehead atoms. The summed E-state index contributed by atoms with van der Waals surface area (Å²) in [6.07, 6.45) is 0. The maximum atomic E-state index is 13.6. The molecule has 0 atom stereocenters. The van der Waals surface area contributed by atoms with Gasteiger partial charge in [0.2, 0.25) is 0 Å². The monoisotopic (exact) mass is 211 g/mol. The molecule has 3 heteroatoms. The third-order valence-electron chi connectivity index (χ3n) is 2.48. The van der Waals surface area contributed by atoms with Crippen LogP contribution in [0, 0.1) is 12.7 Å². The first kappa shape index (κ1) is 12.1. The van der Waals surface area contributed by atoms with E-state index in [0.29, 0.717) is 6.54 Å². The van der Waals surface area contributed by atoms with Gasteiger partial charge in [-0.2, -0.15) is 5.48 Å². The summed E-state index contributed by atoms with van der Waals surface area (Å²) >= 11 is 0. The molecular formula is C12H18FNO. The Hall–Kier alpha value is -0.930. The molecule has 1 aromatic rings. The van der Waals surface area contributed by atoms with Gasteiger partial charge in [-0.3, -0.25) is 0 Å². The molecule has 0 fully saturated rings. The summed E-state index contributed by atoms with van der Waals surface area (Å²) in [4.78, 5) is 4.79. The van der Waals surface area contributed by atoms with E-state index < -0.39 is 0 Å². The van der Waals surface area contributed by atoms with E-state index in [-0.39, 0.29) is 11.7 Å². The SMILES string of the molecule is CONCc1cc(C(C)C)c(F)cc1C. The first-order valence-corrected chi connectivity index (χ1v) is 5.11. The number of nitrogens with one attached hydrogen (secondary N) is 1. The van der Waals surface area contributed by atoms with Gasteiger partial charge in [-0.05, 0) is 35.6 Å². The summed E-state index contributed by atoms with van der Waals surface area (Å²) in [5.41, 5.74) is 5.54. The molecule has 0 saturated carbocycles. The van der Waals surface area contributed by atoms with E-state index >= 15 is 0 Å². The van der Waals surface area contributed by atoms with E-state index in [4.69, 9.17) is 4.84 Å². The second-order valence-corrected chi connectivity index (χ2v) is 3.98. The van der Waals surface area contributed by atoms with Crippen molar-refractivity contribution in [3.05, 3.63) is 34.6 Å². The van der Waals surface area contributed by atoms with Gasteiger partial charge in [0.25, 0.3) is 0 Å². The van der Waals surface area contributed by atoms with Gasteiger partial charge < -0.3 is 4.84 Å². The number of hydroxylamine groups is 1. The smallest absolute Gasteiger partial charge is 0.126 e. The zero-order valence-electron chi connectivity index (χ0n) is 9.73. The Morgan fingerprint density at radius 1 is 1.40 bits per heavy atom. The minimum Gasteiger partial charge on any atom is -0.305 e. The van der Waals surface area contributed by atoms with Gasteiger partial charge >= 0.3 is 0 Å². The molecule has 1 N–H and O–H groups in total. The van der Waals surface area contributed by atoms with Gasteiger partial charge in [-0.15, -0.1) is 0 Å². The Morgan fingerprint density at radius 3 is 2.60 bits per heavy atom. The Labute approximate surface area is 90.4 Å². The van der Waals surface area contributed by atoms with Crippen LogP contribution in [0.3, 0.4) is 0 Å². The summed E-state index contributed by atoms with van der Waals surface area (Å²) in [5.74, 6) is 0.0792. The fourth-order valence-electron chi connectivity index (χ4n) is 1.52. The van der Waals surface area contributed by atoms with Gasteiger partial charge in [-0.25, -0.2) is 4.39 Å². The maximum absolute atomic E-state index is 13.6. The summed E-state index contributed by atoms with van der Waals surface area (Å²) < 4.78 is 13.6. The highest BCUT2D eigenvalue weighted by Gasteiger charge is 2.09. The molecule has 15 heavy (non-hydrogen) atoms. The number of hydrogen-bond acceptors (Lipinski definition) is 2. The molecule has 0 unspecified atom stereocenters. The molecule has 0 spiro atoms. The van der Waals surface area contributed by atoms with Crippen molar-refractivity contribution in [3.8, 4) is 0 Å². The van der Waals surface area contributed by atoms with Crippen LogP contribution in [0.1, 0.15) is 36.5 Å². The van der Waals surface area contributed by atoms with Crippen LogP contribution in [0.4, 0.5) is 4.39 Å². The Bertz CT molecular complexity index is 337. The summed E-state index contributed by atoms with van der Waals surface area (Å²) in [7, 11) is 1.57. The van der Waals surface area contributed by atoms with E-state index in [1.165, 1.54) is 0 Å². The lowest BCUT2D eigenvalue weighted by atomic mass is 9.97. The third-order valence-corrected chi connectivity index (χ3v) is 2.48. The van der Waals surface area contributed by atoms with Crippen molar-refractivity contribution in [1.29, 1.82) is 0 Å². The number of aryl methyl sites for hydroxylation is 1. The molecule has 0 aliphatic heterocycles. The van der Waals surface area contributed by atoms with Crippen molar-refractivity contribution in [2.24, 2.45) is 0 Å². The molecule has 0 amide bonds. The van der Waals surface area contributed by atoms with E-state index in [1.807, 2.05) is 26.8 Å². The van der Waals surface area contributed by atoms with Crippen molar-refractivity contribution in [2.45, 2.75) is 33.2 Å². The minimum atomic E-state index is -0.122. The number of rotatable bonds is 4. The van der Waals surface area contributed by atoms with Crippen LogP contribution in [-0.4, -0.2) is 7.11 Å². The molecule has 2 nitrogen and oxygen atoms in total. The highest BCUT2D eigenvalue weighted by atomic mass is 19.1. The fraction of sp³-hybridized carbons (Fsp3) is 0.500. The molecule has 0 saturated heterocycles. The minimum absolute atomic E-state index is 0.122. The number of benzene rings is 1. The van der Waals surface area contributed by atoms with Crippen LogP contribution in [0.2, 0.25) is 0 Å². The van der Waals surface area contributed by atoms with Gasteiger partial charge in [0.15, 0.2) is 0 Å². The summed E-state index contributed by atoms with van der Waals surface area (Å²) in [6, 6.07) is 3.49. The first-order chi connectivity index (χ1) is 7.06. The molecule has 1 rings (SSSR count). The largest absolute Gasteiger partial charge is 0.305 e. The molecule has 84 valence electrons. The van der Waals surface area contributed by atoms with Gasteiger partial charge in [0, 0.05) is 6.54 Å². The van der Waals surface area contributed by atoms with Crippen molar-refractivity contribution in [2.75, 3.05) is 7.11 Å². The second kappa shape index (κ2) is 5.24. The van der Waals surface area contributed by atoms with Crippen molar-refractivity contribution >= 4 is 0 Å². The second-order valence-electron chi connectivity index (χ2n) is 3.98. The lowest BCUT2D eigenvalue weighted by Gasteiger charge is -2.12. The van der Waals surface area contributed by atoms with E-state index in [1.54, 1.807) is 13.2 Å². The molecule has 0 heterocycles. The molecule has 0 aliphatic carbocycles. The molecule has 0 aliphatic rings. The predicted molar refractivity (Wildman–Crippen MR) is 59.1 cm³/mol. The topological polar surface area (TPSA) is 21.3 Å². The predicted octanol–water partition coefficient (Wildman–Crippen LogP) is 2.91. The highest BCUT2D eigenvalue weighted by molar-refractivity contribution is 5.33. The quantitative estimate of drug-likeness (QED) is 0.773. The van der Waals surface area contributed by atoms with E-state index in [2.05, 4.69) is 5.48 Å². The molecule has 0 aromatic heterocycles. The van der Waals surface area contributed by atoms with Gasteiger partial charge in [0.1, 0.15) is 5.82 Å². The fourth-order valence-corrected chi connectivity index (χ4v) is 1.52. The Kier molecular flexibility index (Phi) is 4.24. The number of halogens is 1. The van der Waals surface area contributed by atoms with E-state index in [0.717, 1.165) is 16.7 Å². The van der Waals surface area contributed by atoms with Crippen LogP contribution in [0.5, 0.6) is 0 Å². The maximum Gasteiger partial charge on any atom is 0.126 e. The van der Waals surface area contributed by atoms with Crippen molar-refractivity contribution < 1.29 is 9.23 Å². The standard InChI is InChI=1S/C12H18FNO/c1-8(2)11-6-10(7-14-15-4)9(3)5-12(11)13/h5-6,8,14H,7H2,1-4H3. The Morgan fingerprint density at radius 2 is 2.07 bits per heavy atom. The lowest BCUT2D eigenvalue weighted by Crippen LogP contribution is -2.12. The highest BCUT2D eigenvalue weighted by Crippen LogP contribution is 2.22. The first-order valence-electron chi connectivity index (χ1n) is 5.11. The van der Waals surface area contributed by atoms with Crippen LogP contribution < -0.4 is 5.48 Å². The van der Waals surface area contributed by atoms with Crippen LogP contribution in [0.25, 0.3) is 0 Å². The van der Waals surface area contributed by atoms with Crippen molar-refractivity contribution in [3.63, 3.8) is 0 Å². The summed E-state index contributed by atoms with van der Waals surface area (Å²) in [6.45, 7) is 6.48. The normalized spacial score (nSPS) is 11.1. The average Bonchev–Trinajstić information content (AvgIpc) is 2.16. The Balaban J connectivity index is 3.00. The molecule has 1 aromatic carbocycles. The van der Waals surface area contributed by atoms with Crippen LogP contribution >= 0.6 is 0 Å². The zero-order valence-corrected chi connectivity index (χ0v) is 9.73. The third kappa shape index (κ3) is 3.01. The average molecular weight is 211 g/mol. The van der Waals surface area contributed by atoms with Gasteiger partial charge in [-0.1, -0.05) is 19.9 Å². The summed E-state index contributed by atoms with van der Waals surface area (Å²) in [5, 5.41) is 0. The number of hydrogen-bond donors (Lipinski definition) is 1. The zero-order chi connectivity index (χ0) is 11.4. The van der Waals surface area contributed by atoms with Gasteiger partial charge in [0.05, 0.1) is 7.11 Å². The molecule has 0 radical (unpaired) electrons. The van der Waals surface area contributed by atoms with E-state index in [9.17, 15) is 4.39 Å². The lowest BCUT2D eigenvalue weighted by molar-refractivity contribution is 0.0865. The van der Waals surface area contributed by atoms with Crippen LogP contribution in [-0.2, 0) is 11.4 Å². The van der Waals surface area contributed by atoms with Crippen molar-refractivity contribution in [1.82, 2.24) is 5.48 Å². The molecular weight excluding hydrogens is 193 g/mol. The van der Waals surface area contributed by atoms with Crippen LogP contribution in [0.15, 0.2) is 12.1 Å².